The van der Waals surface area contributed by atoms with E-state index in [4.69, 9.17) is 5.11 Å². The minimum Gasteiger partial charge on any atom is -0.481 e. The summed E-state index contributed by atoms with van der Waals surface area (Å²) in [5.41, 5.74) is 0. The molecule has 4 heteroatoms. The molecule has 1 aliphatic carbocycles. The molecule has 1 saturated heterocycles. The standard InChI is InChI=1S/C12H19NO3/c14-11(6-5-9-3-4-9)13-7-1-2-10(13)8-12(15)16/h9-10H,1-8H2,(H,15,16). The van der Waals surface area contributed by atoms with E-state index in [0.29, 0.717) is 6.42 Å². The first-order chi connectivity index (χ1) is 7.66. The largest absolute Gasteiger partial charge is 0.481 e. The maximum Gasteiger partial charge on any atom is 0.305 e. The maximum atomic E-state index is 11.9. The molecule has 0 aromatic rings. The fraction of sp³-hybridized carbons (Fsp3) is 0.833. The molecule has 0 radical (unpaired) electrons. The van der Waals surface area contributed by atoms with Gasteiger partial charge in [0.2, 0.25) is 5.91 Å². The normalized spacial score (nSPS) is 24.8. The lowest BCUT2D eigenvalue weighted by Crippen LogP contribution is -2.36. The van der Waals surface area contributed by atoms with Crippen LogP contribution in [0, 0.1) is 5.92 Å². The monoisotopic (exact) mass is 225 g/mol. The van der Waals surface area contributed by atoms with Crippen molar-refractivity contribution in [3.8, 4) is 0 Å². The van der Waals surface area contributed by atoms with E-state index in [2.05, 4.69) is 0 Å². The number of carboxylic acids is 1. The van der Waals surface area contributed by atoms with Gasteiger partial charge in [-0.1, -0.05) is 12.8 Å². The second kappa shape index (κ2) is 4.85. The molecule has 1 heterocycles. The Morgan fingerprint density at radius 3 is 2.62 bits per heavy atom. The second-order valence-electron chi connectivity index (χ2n) is 4.96. The molecule has 1 unspecified atom stereocenters. The predicted molar refractivity (Wildman–Crippen MR) is 58.9 cm³/mol. The van der Waals surface area contributed by atoms with Gasteiger partial charge in [-0.15, -0.1) is 0 Å². The lowest BCUT2D eigenvalue weighted by molar-refractivity contribution is -0.139. The van der Waals surface area contributed by atoms with Crippen LogP contribution in [0.2, 0.25) is 0 Å². The fourth-order valence-corrected chi connectivity index (χ4v) is 2.46. The molecule has 2 aliphatic rings. The summed E-state index contributed by atoms with van der Waals surface area (Å²) >= 11 is 0. The average molecular weight is 225 g/mol. The van der Waals surface area contributed by atoms with Crippen molar-refractivity contribution in [3.63, 3.8) is 0 Å². The van der Waals surface area contributed by atoms with Gasteiger partial charge in [-0.3, -0.25) is 9.59 Å². The van der Waals surface area contributed by atoms with Gasteiger partial charge in [-0.25, -0.2) is 0 Å². The maximum absolute atomic E-state index is 11.9. The van der Waals surface area contributed by atoms with Crippen molar-refractivity contribution < 1.29 is 14.7 Å². The third kappa shape index (κ3) is 2.97. The molecule has 1 amide bonds. The van der Waals surface area contributed by atoms with Gasteiger partial charge < -0.3 is 10.0 Å². The third-order valence-corrected chi connectivity index (χ3v) is 3.57. The summed E-state index contributed by atoms with van der Waals surface area (Å²) < 4.78 is 0. The van der Waals surface area contributed by atoms with E-state index in [1.165, 1.54) is 12.8 Å². The van der Waals surface area contributed by atoms with E-state index in [1.807, 2.05) is 0 Å². The number of carbonyl (C=O) groups is 2. The van der Waals surface area contributed by atoms with E-state index in [1.54, 1.807) is 4.90 Å². The number of hydrogen-bond acceptors (Lipinski definition) is 2. The number of likely N-dealkylation sites (tertiary alicyclic amines) is 1. The summed E-state index contributed by atoms with van der Waals surface area (Å²) in [6.07, 6.45) is 6.05. The van der Waals surface area contributed by atoms with Crippen LogP contribution in [0.25, 0.3) is 0 Å². The van der Waals surface area contributed by atoms with E-state index >= 15 is 0 Å². The highest BCUT2D eigenvalue weighted by Gasteiger charge is 2.31. The van der Waals surface area contributed by atoms with Crippen molar-refractivity contribution >= 4 is 11.9 Å². The summed E-state index contributed by atoms with van der Waals surface area (Å²) in [4.78, 5) is 24.4. The van der Waals surface area contributed by atoms with E-state index < -0.39 is 5.97 Å². The van der Waals surface area contributed by atoms with Gasteiger partial charge in [0.05, 0.1) is 6.42 Å². The van der Waals surface area contributed by atoms with Gasteiger partial charge in [0, 0.05) is 19.0 Å². The topological polar surface area (TPSA) is 57.6 Å². The molecule has 1 N–H and O–H groups in total. The van der Waals surface area contributed by atoms with E-state index in [0.717, 1.165) is 31.7 Å². The Balaban J connectivity index is 1.80. The van der Waals surface area contributed by atoms with Crippen LogP contribution in [0.4, 0.5) is 0 Å². The Labute approximate surface area is 95.6 Å². The van der Waals surface area contributed by atoms with Crippen LogP contribution in [0.15, 0.2) is 0 Å². The zero-order valence-electron chi connectivity index (χ0n) is 9.52. The van der Waals surface area contributed by atoms with Crippen molar-refractivity contribution in [2.24, 2.45) is 5.92 Å². The van der Waals surface area contributed by atoms with Crippen LogP contribution in [-0.4, -0.2) is 34.5 Å². The fourth-order valence-electron chi connectivity index (χ4n) is 2.46. The quantitative estimate of drug-likeness (QED) is 0.773. The van der Waals surface area contributed by atoms with Crippen LogP contribution in [0.5, 0.6) is 0 Å². The summed E-state index contributed by atoms with van der Waals surface area (Å²) in [5.74, 6) is 0.131. The second-order valence-corrected chi connectivity index (χ2v) is 4.96. The summed E-state index contributed by atoms with van der Waals surface area (Å²) in [6.45, 7) is 0.751. The molecule has 1 atom stereocenters. The smallest absolute Gasteiger partial charge is 0.305 e. The lowest BCUT2D eigenvalue weighted by Gasteiger charge is -2.23. The van der Waals surface area contributed by atoms with E-state index in [-0.39, 0.29) is 18.4 Å². The number of rotatable bonds is 5. The van der Waals surface area contributed by atoms with Gasteiger partial charge in [-0.05, 0) is 25.2 Å². The first-order valence-corrected chi connectivity index (χ1v) is 6.18. The summed E-state index contributed by atoms with van der Waals surface area (Å²) in [5, 5.41) is 8.76. The first kappa shape index (κ1) is 11.4. The molecule has 0 aromatic carbocycles. The first-order valence-electron chi connectivity index (χ1n) is 6.18. The van der Waals surface area contributed by atoms with Gasteiger partial charge in [0.1, 0.15) is 0 Å². The molecule has 16 heavy (non-hydrogen) atoms. The van der Waals surface area contributed by atoms with Crippen molar-refractivity contribution in [3.05, 3.63) is 0 Å². The summed E-state index contributed by atoms with van der Waals surface area (Å²) in [7, 11) is 0. The number of amides is 1. The molecule has 0 aromatic heterocycles. The molecule has 0 spiro atoms. The number of nitrogens with zero attached hydrogens (tertiary/aromatic N) is 1. The molecule has 90 valence electrons. The van der Waals surface area contributed by atoms with Crippen molar-refractivity contribution in [1.82, 2.24) is 4.90 Å². The summed E-state index contributed by atoms with van der Waals surface area (Å²) in [6, 6.07) is -0.0517. The zero-order chi connectivity index (χ0) is 11.5. The molecular weight excluding hydrogens is 206 g/mol. The molecular formula is C12H19NO3. The van der Waals surface area contributed by atoms with Gasteiger partial charge in [0.25, 0.3) is 0 Å². The van der Waals surface area contributed by atoms with Gasteiger partial charge in [-0.2, -0.15) is 0 Å². The van der Waals surface area contributed by atoms with Crippen LogP contribution in [-0.2, 0) is 9.59 Å². The predicted octanol–water partition coefficient (Wildman–Crippen LogP) is 1.64. The highest BCUT2D eigenvalue weighted by atomic mass is 16.4. The van der Waals surface area contributed by atoms with Crippen LogP contribution < -0.4 is 0 Å². The molecule has 2 rings (SSSR count). The van der Waals surface area contributed by atoms with Gasteiger partial charge in [0.15, 0.2) is 0 Å². The number of aliphatic carboxylic acids is 1. The van der Waals surface area contributed by atoms with Crippen molar-refractivity contribution in [2.75, 3.05) is 6.54 Å². The lowest BCUT2D eigenvalue weighted by atomic mass is 10.1. The number of hydrogen-bond donors (Lipinski definition) is 1. The van der Waals surface area contributed by atoms with Crippen molar-refractivity contribution in [2.45, 2.75) is 51.0 Å². The van der Waals surface area contributed by atoms with Crippen molar-refractivity contribution in [1.29, 1.82) is 0 Å². The Kier molecular flexibility index (Phi) is 3.46. The highest BCUT2D eigenvalue weighted by Crippen LogP contribution is 2.34. The minimum atomic E-state index is -0.799. The van der Waals surface area contributed by atoms with Gasteiger partial charge >= 0.3 is 5.97 Å². The van der Waals surface area contributed by atoms with Crippen LogP contribution >= 0.6 is 0 Å². The average Bonchev–Trinajstić information content (AvgIpc) is 2.94. The number of carboxylic acid groups (broad SMARTS) is 1. The minimum absolute atomic E-state index is 0.0517. The molecule has 1 saturated carbocycles. The number of carbonyl (C=O) groups excluding carboxylic acids is 1. The molecule has 4 nitrogen and oxygen atoms in total. The van der Waals surface area contributed by atoms with E-state index in [9.17, 15) is 9.59 Å². The molecule has 0 bridgehead atoms. The highest BCUT2D eigenvalue weighted by molar-refractivity contribution is 5.78. The third-order valence-electron chi connectivity index (χ3n) is 3.57. The Morgan fingerprint density at radius 1 is 1.25 bits per heavy atom. The Hall–Kier alpha value is -1.06. The molecule has 2 fully saturated rings. The zero-order valence-corrected chi connectivity index (χ0v) is 9.52. The Morgan fingerprint density at radius 2 is 2.00 bits per heavy atom. The van der Waals surface area contributed by atoms with Crippen LogP contribution in [0.3, 0.4) is 0 Å². The van der Waals surface area contributed by atoms with Crippen LogP contribution in [0.1, 0.15) is 44.9 Å². The Bertz CT molecular complexity index is 286. The molecule has 1 aliphatic heterocycles. The SMILES string of the molecule is O=C(O)CC1CCCN1C(=O)CCC1CC1.